The SMILES string of the molecule is COC1C(OC(=O)NCCCCCCO)CC[C@]2(CO2)C1C(C)(O)[C@H](C)CC=C(C)C. The second-order valence-electron chi connectivity index (χ2n) is 9.72. The highest BCUT2D eigenvalue weighted by atomic mass is 16.6. The predicted octanol–water partition coefficient (Wildman–Crippen LogP) is 3.57. The zero-order chi connectivity index (χ0) is 23.1. The summed E-state index contributed by atoms with van der Waals surface area (Å²) in [5, 5.41) is 23.3. The first-order valence-electron chi connectivity index (χ1n) is 11.8. The Morgan fingerprint density at radius 2 is 2.00 bits per heavy atom. The summed E-state index contributed by atoms with van der Waals surface area (Å²) in [5.41, 5.74) is -0.206. The van der Waals surface area contributed by atoms with Crippen molar-refractivity contribution in [2.24, 2.45) is 11.8 Å². The fourth-order valence-electron chi connectivity index (χ4n) is 4.83. The molecule has 6 atom stereocenters. The van der Waals surface area contributed by atoms with Gasteiger partial charge in [-0.25, -0.2) is 4.79 Å². The third-order valence-corrected chi connectivity index (χ3v) is 7.02. The van der Waals surface area contributed by atoms with Crippen molar-refractivity contribution >= 4 is 6.09 Å². The molecule has 0 bridgehead atoms. The number of amides is 1. The number of aliphatic hydroxyl groups excluding tert-OH is 1. The molecular weight excluding hydrogens is 398 g/mol. The Hall–Kier alpha value is -1.15. The summed E-state index contributed by atoms with van der Waals surface area (Å²) in [7, 11) is 1.62. The second kappa shape index (κ2) is 11.6. The minimum absolute atomic E-state index is 0.00220. The quantitative estimate of drug-likeness (QED) is 0.243. The lowest BCUT2D eigenvalue weighted by Crippen LogP contribution is -2.61. The fraction of sp³-hybridized carbons (Fsp3) is 0.875. The number of alkyl carbamates (subject to hydrolysis) is 1. The third-order valence-electron chi connectivity index (χ3n) is 7.02. The van der Waals surface area contributed by atoms with Crippen molar-refractivity contribution in [2.45, 2.75) is 96.1 Å². The summed E-state index contributed by atoms with van der Waals surface area (Å²) < 4.78 is 17.5. The molecule has 0 aromatic rings. The van der Waals surface area contributed by atoms with Crippen molar-refractivity contribution in [1.29, 1.82) is 0 Å². The number of nitrogens with one attached hydrogen (secondary N) is 1. The molecule has 2 rings (SSSR count). The van der Waals surface area contributed by atoms with Gasteiger partial charge in [-0.2, -0.15) is 0 Å². The predicted molar refractivity (Wildman–Crippen MR) is 120 cm³/mol. The maximum atomic E-state index is 12.4. The molecule has 2 fully saturated rings. The van der Waals surface area contributed by atoms with E-state index < -0.39 is 29.5 Å². The summed E-state index contributed by atoms with van der Waals surface area (Å²) in [6.07, 6.45) is 6.54. The van der Waals surface area contributed by atoms with E-state index in [-0.39, 0.29) is 18.4 Å². The van der Waals surface area contributed by atoms with Gasteiger partial charge in [0.1, 0.15) is 12.2 Å². The van der Waals surface area contributed by atoms with Crippen LogP contribution in [-0.4, -0.2) is 66.6 Å². The van der Waals surface area contributed by atoms with Crippen LogP contribution in [-0.2, 0) is 14.2 Å². The highest BCUT2D eigenvalue weighted by Gasteiger charge is 2.65. The van der Waals surface area contributed by atoms with Gasteiger partial charge in [0.2, 0.25) is 0 Å². The molecule has 7 heteroatoms. The number of hydrogen-bond donors (Lipinski definition) is 3. The summed E-state index contributed by atoms with van der Waals surface area (Å²) >= 11 is 0. The zero-order valence-corrected chi connectivity index (χ0v) is 20.0. The van der Waals surface area contributed by atoms with Gasteiger partial charge in [0.15, 0.2) is 0 Å². The van der Waals surface area contributed by atoms with Gasteiger partial charge in [0, 0.05) is 26.2 Å². The van der Waals surface area contributed by atoms with Crippen LogP contribution >= 0.6 is 0 Å². The van der Waals surface area contributed by atoms with Gasteiger partial charge in [-0.05, 0) is 58.8 Å². The van der Waals surface area contributed by atoms with E-state index in [1.165, 1.54) is 5.57 Å². The molecule has 1 saturated carbocycles. The van der Waals surface area contributed by atoms with Gasteiger partial charge in [0.25, 0.3) is 0 Å². The van der Waals surface area contributed by atoms with E-state index in [1.54, 1.807) is 7.11 Å². The number of allylic oxidation sites excluding steroid dienone is 2. The van der Waals surface area contributed by atoms with Crippen LogP contribution in [0.2, 0.25) is 0 Å². The number of carbonyl (C=O) groups is 1. The van der Waals surface area contributed by atoms with Gasteiger partial charge < -0.3 is 29.7 Å². The average molecular weight is 442 g/mol. The maximum absolute atomic E-state index is 12.4. The molecule has 3 N–H and O–H groups in total. The molecule has 1 spiro atoms. The van der Waals surface area contributed by atoms with E-state index in [2.05, 4.69) is 32.2 Å². The topological polar surface area (TPSA) is 101 Å². The normalized spacial score (nSPS) is 30.4. The lowest BCUT2D eigenvalue weighted by molar-refractivity contribution is -0.178. The monoisotopic (exact) mass is 441 g/mol. The first kappa shape index (κ1) is 26.1. The van der Waals surface area contributed by atoms with Crippen LogP contribution in [0.25, 0.3) is 0 Å². The molecule has 1 amide bonds. The van der Waals surface area contributed by atoms with E-state index in [1.807, 2.05) is 6.92 Å². The molecule has 0 aromatic heterocycles. The Morgan fingerprint density at radius 3 is 2.58 bits per heavy atom. The number of methoxy groups -OCH3 is 1. The number of carbonyl (C=O) groups excluding carboxylic acids is 1. The van der Waals surface area contributed by atoms with Crippen LogP contribution in [0, 0.1) is 11.8 Å². The molecule has 180 valence electrons. The van der Waals surface area contributed by atoms with Gasteiger partial charge in [-0.3, -0.25) is 0 Å². The van der Waals surface area contributed by atoms with Crippen molar-refractivity contribution in [3.63, 3.8) is 0 Å². The molecule has 1 aliphatic carbocycles. The van der Waals surface area contributed by atoms with Crippen LogP contribution in [0.1, 0.15) is 72.6 Å². The Bertz CT molecular complexity index is 597. The molecule has 4 unspecified atom stereocenters. The Labute approximate surface area is 187 Å². The number of hydrogen-bond acceptors (Lipinski definition) is 6. The lowest BCUT2D eigenvalue weighted by Gasteiger charge is -2.49. The molecule has 1 aliphatic heterocycles. The molecule has 1 saturated heterocycles. The summed E-state index contributed by atoms with van der Waals surface area (Å²) in [5.74, 6) is -0.284. The van der Waals surface area contributed by atoms with Crippen molar-refractivity contribution in [3.05, 3.63) is 11.6 Å². The minimum atomic E-state index is -1.03. The summed E-state index contributed by atoms with van der Waals surface area (Å²) in [6, 6.07) is 0. The zero-order valence-electron chi connectivity index (χ0n) is 20.0. The summed E-state index contributed by atoms with van der Waals surface area (Å²) in [6.45, 7) is 9.39. The molecule has 31 heavy (non-hydrogen) atoms. The number of unbranched alkanes of at least 4 members (excludes halogenated alkanes) is 3. The molecule has 1 heterocycles. The van der Waals surface area contributed by atoms with E-state index in [0.717, 1.165) is 38.5 Å². The fourth-order valence-corrected chi connectivity index (χ4v) is 4.83. The maximum Gasteiger partial charge on any atom is 0.407 e. The van der Waals surface area contributed by atoms with E-state index in [9.17, 15) is 9.90 Å². The highest BCUT2D eigenvalue weighted by Crippen LogP contribution is 2.53. The van der Waals surface area contributed by atoms with Crippen LogP contribution < -0.4 is 5.32 Å². The van der Waals surface area contributed by atoms with Crippen molar-refractivity contribution in [1.82, 2.24) is 5.32 Å². The Morgan fingerprint density at radius 1 is 1.32 bits per heavy atom. The van der Waals surface area contributed by atoms with Crippen LogP contribution in [0.5, 0.6) is 0 Å². The van der Waals surface area contributed by atoms with E-state index in [4.69, 9.17) is 19.3 Å². The Balaban J connectivity index is 2.01. The van der Waals surface area contributed by atoms with Crippen LogP contribution in [0.3, 0.4) is 0 Å². The highest BCUT2D eigenvalue weighted by molar-refractivity contribution is 5.67. The standard InChI is InChI=1S/C24H43NO6/c1-17(2)10-11-18(3)23(4,28)21-20(29-5)19(12-13-24(21)16-30-24)31-22(27)25-14-8-6-7-9-15-26/h10,18-21,26,28H,6-9,11-16H2,1-5H3,(H,25,27)/t18-,19?,20?,21?,23?,24+/m1/s1. The average Bonchev–Trinajstić information content (AvgIpc) is 3.49. The van der Waals surface area contributed by atoms with E-state index in [0.29, 0.717) is 19.6 Å². The largest absolute Gasteiger partial charge is 0.443 e. The van der Waals surface area contributed by atoms with Crippen molar-refractivity contribution in [2.75, 3.05) is 26.9 Å². The minimum Gasteiger partial charge on any atom is -0.443 e. The molecule has 2 aliphatic rings. The second-order valence-corrected chi connectivity index (χ2v) is 9.72. The van der Waals surface area contributed by atoms with Gasteiger partial charge in [0.05, 0.1) is 17.8 Å². The third kappa shape index (κ3) is 6.91. The smallest absolute Gasteiger partial charge is 0.407 e. The number of aliphatic hydroxyl groups is 2. The van der Waals surface area contributed by atoms with Crippen LogP contribution in [0.15, 0.2) is 11.6 Å². The van der Waals surface area contributed by atoms with Gasteiger partial charge >= 0.3 is 6.09 Å². The first-order valence-corrected chi connectivity index (χ1v) is 11.8. The van der Waals surface area contributed by atoms with E-state index >= 15 is 0 Å². The molecule has 0 aromatic carbocycles. The number of epoxide rings is 1. The van der Waals surface area contributed by atoms with Gasteiger partial charge in [-0.15, -0.1) is 0 Å². The van der Waals surface area contributed by atoms with Crippen molar-refractivity contribution in [3.8, 4) is 0 Å². The van der Waals surface area contributed by atoms with Crippen molar-refractivity contribution < 1.29 is 29.2 Å². The first-order chi connectivity index (χ1) is 14.7. The Kier molecular flexibility index (Phi) is 9.80. The summed E-state index contributed by atoms with van der Waals surface area (Å²) in [4.78, 5) is 12.4. The molecule has 7 nitrogen and oxygen atoms in total. The van der Waals surface area contributed by atoms with Gasteiger partial charge in [-0.1, -0.05) is 31.4 Å². The molecular formula is C24H43NO6. The molecule has 0 radical (unpaired) electrons. The van der Waals surface area contributed by atoms with Crippen LogP contribution in [0.4, 0.5) is 4.79 Å². The lowest BCUT2D eigenvalue weighted by atomic mass is 9.63. The number of ether oxygens (including phenoxy) is 3. The number of rotatable bonds is 12.